The number of amides is 1. The van der Waals surface area contributed by atoms with E-state index in [9.17, 15) is 9.59 Å². The molecule has 2 aromatic rings. The van der Waals surface area contributed by atoms with Crippen molar-refractivity contribution in [2.75, 3.05) is 43.6 Å². The Bertz CT molecular complexity index is 800. The molecule has 1 aromatic carbocycles. The van der Waals surface area contributed by atoms with Crippen molar-refractivity contribution in [1.29, 1.82) is 0 Å². The van der Waals surface area contributed by atoms with Crippen LogP contribution in [0.25, 0.3) is 0 Å². The monoisotopic (exact) mass is 372 g/mol. The minimum Gasteiger partial charge on any atom is -0.490 e. The van der Waals surface area contributed by atoms with Crippen LogP contribution in [-0.4, -0.2) is 55.3 Å². The van der Waals surface area contributed by atoms with Crippen molar-refractivity contribution in [1.82, 2.24) is 9.97 Å². The van der Waals surface area contributed by atoms with E-state index in [2.05, 4.69) is 15.3 Å². The number of hydrogen-bond acceptors (Lipinski definition) is 8. The molecule has 0 bridgehead atoms. The van der Waals surface area contributed by atoms with Crippen LogP contribution >= 0.6 is 0 Å². The van der Waals surface area contributed by atoms with Gasteiger partial charge >= 0.3 is 5.97 Å². The Morgan fingerprint density at radius 1 is 1.19 bits per heavy atom. The highest BCUT2D eigenvalue weighted by atomic mass is 16.5. The second-order valence-electron chi connectivity index (χ2n) is 5.83. The van der Waals surface area contributed by atoms with E-state index < -0.39 is 18.5 Å². The topological polar surface area (TPSA) is 103 Å². The van der Waals surface area contributed by atoms with Crippen molar-refractivity contribution in [3.8, 4) is 11.5 Å². The number of carbonyl (C=O) groups excluding carboxylic acids is 2. The fraction of sp³-hybridized carbons (Fsp3) is 0.333. The largest absolute Gasteiger partial charge is 0.490 e. The number of esters is 1. The number of nitrogens with zero attached hydrogens (tertiary/aromatic N) is 3. The van der Waals surface area contributed by atoms with Crippen LogP contribution in [0, 0.1) is 0 Å². The molecular weight excluding hydrogens is 352 g/mol. The van der Waals surface area contributed by atoms with E-state index in [1.54, 1.807) is 43.7 Å². The summed E-state index contributed by atoms with van der Waals surface area (Å²) in [4.78, 5) is 33.5. The molecule has 9 heteroatoms. The number of likely N-dealkylation sites (N-methyl/N-ethyl adjacent to an activating group) is 1. The molecular formula is C18H20N4O5. The van der Waals surface area contributed by atoms with Gasteiger partial charge in [-0.05, 0) is 18.2 Å². The molecule has 0 spiro atoms. The van der Waals surface area contributed by atoms with Gasteiger partial charge in [-0.2, -0.15) is 0 Å². The average Bonchev–Trinajstić information content (AvgIpc) is 2.92. The van der Waals surface area contributed by atoms with Gasteiger partial charge in [0, 0.05) is 37.6 Å². The molecule has 27 heavy (non-hydrogen) atoms. The summed E-state index contributed by atoms with van der Waals surface area (Å²) in [5.74, 6) is 0.608. The molecule has 0 saturated carbocycles. The molecule has 0 unspecified atom stereocenters. The third-order valence-corrected chi connectivity index (χ3v) is 3.66. The number of benzene rings is 1. The number of ether oxygens (including phenoxy) is 3. The normalized spacial score (nSPS) is 12.6. The maximum absolute atomic E-state index is 12.0. The zero-order valence-electron chi connectivity index (χ0n) is 14.9. The van der Waals surface area contributed by atoms with Crippen LogP contribution in [-0.2, 0) is 14.3 Å². The summed E-state index contributed by atoms with van der Waals surface area (Å²) in [5, 5.41) is 2.66. The summed E-state index contributed by atoms with van der Waals surface area (Å²) in [6.07, 6.45) is 3.95. The highest BCUT2D eigenvalue weighted by molar-refractivity contribution is 5.93. The Balaban J connectivity index is 1.47. The summed E-state index contributed by atoms with van der Waals surface area (Å²) < 4.78 is 16.1. The lowest BCUT2D eigenvalue weighted by molar-refractivity contribution is -0.145. The second kappa shape index (κ2) is 8.84. The molecule has 3 rings (SSSR count). The number of fused-ring (bicyclic) bond motifs is 1. The van der Waals surface area contributed by atoms with E-state index in [-0.39, 0.29) is 6.54 Å². The molecule has 0 saturated heterocycles. The highest BCUT2D eigenvalue weighted by Crippen LogP contribution is 2.32. The molecule has 0 atom stereocenters. The van der Waals surface area contributed by atoms with Crippen LogP contribution in [0.3, 0.4) is 0 Å². The number of rotatable bonds is 6. The van der Waals surface area contributed by atoms with Gasteiger partial charge in [0.1, 0.15) is 6.54 Å². The molecule has 1 aromatic heterocycles. The van der Waals surface area contributed by atoms with Crippen LogP contribution in [0.2, 0.25) is 0 Å². The second-order valence-corrected chi connectivity index (χ2v) is 5.83. The van der Waals surface area contributed by atoms with Crippen molar-refractivity contribution >= 4 is 23.5 Å². The van der Waals surface area contributed by atoms with Crippen LogP contribution in [0.5, 0.6) is 11.5 Å². The van der Waals surface area contributed by atoms with Crippen LogP contribution < -0.4 is 19.7 Å². The van der Waals surface area contributed by atoms with E-state index in [0.29, 0.717) is 36.3 Å². The molecule has 1 aliphatic heterocycles. The third kappa shape index (κ3) is 5.30. The van der Waals surface area contributed by atoms with Crippen LogP contribution in [0.1, 0.15) is 6.42 Å². The van der Waals surface area contributed by atoms with Crippen LogP contribution in [0.4, 0.5) is 11.6 Å². The van der Waals surface area contributed by atoms with Crippen molar-refractivity contribution in [3.63, 3.8) is 0 Å². The molecule has 1 aliphatic rings. The molecule has 0 aliphatic carbocycles. The maximum atomic E-state index is 12.0. The fourth-order valence-electron chi connectivity index (χ4n) is 2.38. The first-order chi connectivity index (χ1) is 13.1. The Hall–Kier alpha value is -3.36. The molecule has 0 fully saturated rings. The molecule has 142 valence electrons. The SMILES string of the molecule is CN(CC(=O)OCC(=O)Nc1ccc2c(c1)OCCCO2)c1ncccn1. The zero-order chi connectivity index (χ0) is 19.1. The summed E-state index contributed by atoms with van der Waals surface area (Å²) in [6.45, 7) is 0.690. The standard InChI is InChI=1S/C18H20N4O5/c1-22(18-19-6-2-7-20-18)11-17(24)27-12-16(23)21-13-4-5-14-15(10-13)26-9-3-8-25-14/h2,4-7,10H,3,8-9,11-12H2,1H3,(H,21,23). The van der Waals surface area contributed by atoms with Gasteiger partial charge in [-0.1, -0.05) is 0 Å². The maximum Gasteiger partial charge on any atom is 0.326 e. The Morgan fingerprint density at radius 3 is 2.70 bits per heavy atom. The number of nitrogens with one attached hydrogen (secondary N) is 1. The van der Waals surface area contributed by atoms with Gasteiger partial charge in [-0.3, -0.25) is 9.59 Å². The minimum absolute atomic E-state index is 0.0681. The Labute approximate surface area is 156 Å². The van der Waals surface area contributed by atoms with Crippen molar-refractivity contribution in [2.24, 2.45) is 0 Å². The zero-order valence-corrected chi connectivity index (χ0v) is 14.9. The van der Waals surface area contributed by atoms with Crippen LogP contribution in [0.15, 0.2) is 36.7 Å². The van der Waals surface area contributed by atoms with Crippen molar-refractivity contribution < 1.29 is 23.8 Å². The lowest BCUT2D eigenvalue weighted by Crippen LogP contribution is -2.30. The van der Waals surface area contributed by atoms with Gasteiger partial charge in [0.25, 0.3) is 5.91 Å². The first kappa shape index (κ1) is 18.4. The van der Waals surface area contributed by atoms with Gasteiger partial charge in [-0.15, -0.1) is 0 Å². The van der Waals surface area contributed by atoms with E-state index in [0.717, 1.165) is 6.42 Å². The van der Waals surface area contributed by atoms with Crippen molar-refractivity contribution in [3.05, 3.63) is 36.7 Å². The average molecular weight is 372 g/mol. The lowest BCUT2D eigenvalue weighted by Gasteiger charge is -2.15. The molecule has 9 nitrogen and oxygen atoms in total. The quantitative estimate of drug-likeness (QED) is 0.756. The van der Waals surface area contributed by atoms with Gasteiger partial charge in [-0.25, -0.2) is 9.97 Å². The molecule has 1 N–H and O–H groups in total. The molecule has 0 radical (unpaired) electrons. The van der Waals surface area contributed by atoms with Gasteiger partial charge in [0.2, 0.25) is 5.95 Å². The highest BCUT2D eigenvalue weighted by Gasteiger charge is 2.14. The van der Waals surface area contributed by atoms with Gasteiger partial charge < -0.3 is 24.4 Å². The van der Waals surface area contributed by atoms with E-state index >= 15 is 0 Å². The fourth-order valence-corrected chi connectivity index (χ4v) is 2.38. The first-order valence-corrected chi connectivity index (χ1v) is 8.45. The van der Waals surface area contributed by atoms with E-state index in [4.69, 9.17) is 14.2 Å². The van der Waals surface area contributed by atoms with E-state index in [1.807, 2.05) is 0 Å². The minimum atomic E-state index is -0.557. The number of aromatic nitrogens is 2. The summed E-state index contributed by atoms with van der Waals surface area (Å²) >= 11 is 0. The lowest BCUT2D eigenvalue weighted by atomic mass is 10.2. The summed E-state index contributed by atoms with van der Waals surface area (Å²) in [6, 6.07) is 6.80. The van der Waals surface area contributed by atoms with Gasteiger partial charge in [0.05, 0.1) is 13.2 Å². The number of anilines is 2. The number of hydrogen-bond donors (Lipinski definition) is 1. The number of carbonyl (C=O) groups is 2. The Kier molecular flexibility index (Phi) is 6.03. The molecule has 1 amide bonds. The Morgan fingerprint density at radius 2 is 1.93 bits per heavy atom. The summed E-state index contributed by atoms with van der Waals surface area (Å²) in [7, 11) is 1.66. The summed E-state index contributed by atoms with van der Waals surface area (Å²) in [5.41, 5.74) is 0.537. The first-order valence-electron chi connectivity index (χ1n) is 8.45. The van der Waals surface area contributed by atoms with E-state index in [1.165, 1.54) is 4.90 Å². The predicted octanol–water partition coefficient (Wildman–Crippen LogP) is 1.26. The predicted molar refractivity (Wildman–Crippen MR) is 96.9 cm³/mol. The molecule has 2 heterocycles. The van der Waals surface area contributed by atoms with Crippen molar-refractivity contribution in [2.45, 2.75) is 6.42 Å². The van der Waals surface area contributed by atoms with Gasteiger partial charge in [0.15, 0.2) is 18.1 Å². The third-order valence-electron chi connectivity index (χ3n) is 3.66. The smallest absolute Gasteiger partial charge is 0.326 e.